The van der Waals surface area contributed by atoms with E-state index in [4.69, 9.17) is 16.3 Å². The maximum Gasteiger partial charge on any atom is 0.272 e. The zero-order chi connectivity index (χ0) is 27.5. The molecule has 3 rings (SSSR count). The molecule has 0 aliphatic rings. The molecule has 13 heteroatoms. The summed E-state index contributed by atoms with van der Waals surface area (Å²) in [6.45, 7) is 8.89. The fourth-order valence-electron chi connectivity index (χ4n) is 3.36. The number of sulfonamides is 1. The Kier molecular flexibility index (Phi) is 8.25. The van der Waals surface area contributed by atoms with Crippen LogP contribution in [-0.4, -0.2) is 41.1 Å². The molecule has 0 spiro atoms. The molecule has 1 aromatic heterocycles. The number of non-ortho nitro benzene ring substituents is 1. The monoisotopic (exact) mass is 549 g/mol. The second-order valence-corrected chi connectivity index (χ2v) is 11.4. The van der Waals surface area contributed by atoms with Gasteiger partial charge in [0.1, 0.15) is 10.6 Å². The molecule has 198 valence electrons. The highest BCUT2D eigenvalue weighted by Crippen LogP contribution is 2.36. The number of carbonyl (C=O) groups excluding carboxylic acids is 1. The summed E-state index contributed by atoms with van der Waals surface area (Å²) in [5, 5.41) is 19.1. The lowest BCUT2D eigenvalue weighted by Crippen LogP contribution is -2.40. The quantitative estimate of drug-likeness (QED) is 0.289. The van der Waals surface area contributed by atoms with Gasteiger partial charge in [0.05, 0.1) is 10.6 Å². The van der Waals surface area contributed by atoms with E-state index in [0.29, 0.717) is 22.8 Å². The van der Waals surface area contributed by atoms with Crippen LogP contribution in [0.15, 0.2) is 47.4 Å². The molecule has 0 unspecified atom stereocenters. The Morgan fingerprint density at radius 2 is 1.84 bits per heavy atom. The predicted octanol–water partition coefficient (Wildman–Crippen LogP) is 4.75. The lowest BCUT2D eigenvalue weighted by atomic mass is 10.1. The molecule has 0 aliphatic carbocycles. The van der Waals surface area contributed by atoms with Crippen molar-refractivity contribution in [1.29, 1.82) is 0 Å². The van der Waals surface area contributed by atoms with Crippen molar-refractivity contribution < 1.29 is 22.9 Å². The molecule has 1 heterocycles. The number of ether oxygens (including phenoxy) is 1. The van der Waals surface area contributed by atoms with Crippen LogP contribution in [-0.2, 0) is 10.0 Å². The van der Waals surface area contributed by atoms with Crippen LogP contribution in [0, 0.1) is 17.0 Å². The van der Waals surface area contributed by atoms with Gasteiger partial charge in [-0.05, 0) is 64.4 Å². The normalized spacial score (nSPS) is 11.8. The van der Waals surface area contributed by atoms with Crippen LogP contribution < -0.4 is 14.8 Å². The van der Waals surface area contributed by atoms with Crippen LogP contribution in [0.25, 0.3) is 5.69 Å². The number of hydrogen-bond donors (Lipinski definition) is 2. The number of nitrogens with zero attached hydrogens (tertiary/aromatic N) is 3. The maximum atomic E-state index is 13.2. The molecule has 0 radical (unpaired) electrons. The van der Waals surface area contributed by atoms with Crippen molar-refractivity contribution in [2.45, 2.75) is 51.5 Å². The van der Waals surface area contributed by atoms with Gasteiger partial charge >= 0.3 is 0 Å². The first-order chi connectivity index (χ1) is 17.2. The van der Waals surface area contributed by atoms with Gasteiger partial charge in [-0.15, -0.1) is 0 Å². The van der Waals surface area contributed by atoms with Gasteiger partial charge in [-0.2, -0.15) is 9.78 Å². The summed E-state index contributed by atoms with van der Waals surface area (Å²) < 4.78 is 36.4. The van der Waals surface area contributed by atoms with Crippen LogP contribution in [0.4, 0.5) is 5.69 Å². The van der Waals surface area contributed by atoms with E-state index >= 15 is 0 Å². The Bertz CT molecular complexity index is 1430. The molecular weight excluding hydrogens is 522 g/mol. The molecule has 2 aromatic carbocycles. The number of benzene rings is 2. The van der Waals surface area contributed by atoms with Crippen LogP contribution in [0.1, 0.15) is 50.2 Å². The highest BCUT2D eigenvalue weighted by Gasteiger charge is 2.30. The third-order valence-corrected chi connectivity index (χ3v) is 7.00. The summed E-state index contributed by atoms with van der Waals surface area (Å²) in [5.41, 5.74) is -0.376. The van der Waals surface area contributed by atoms with E-state index in [1.807, 2.05) is 6.92 Å². The number of aromatic nitrogens is 2. The van der Waals surface area contributed by atoms with Gasteiger partial charge in [0.2, 0.25) is 15.9 Å². The summed E-state index contributed by atoms with van der Waals surface area (Å²) in [6.07, 6.45) is 0.719. The standard InChI is InChI=1S/C24H28ClN5O6S/c1-6-13-26-22(31)21-15(2)23(29(27-21)17-9-7-16(25)8-10-17)36-19-12-11-18(30(32)33)14-20(19)37(34,35)28-24(3,4)5/h7-12,14,28H,6,13H2,1-5H3,(H,26,31). The highest BCUT2D eigenvalue weighted by molar-refractivity contribution is 7.89. The van der Waals surface area contributed by atoms with Crippen molar-refractivity contribution in [3.05, 3.63) is 68.9 Å². The Hall–Kier alpha value is -3.48. The Balaban J connectivity index is 2.20. The van der Waals surface area contributed by atoms with Gasteiger partial charge in [0.25, 0.3) is 11.6 Å². The number of halogens is 1. The van der Waals surface area contributed by atoms with Crippen molar-refractivity contribution in [1.82, 2.24) is 19.8 Å². The van der Waals surface area contributed by atoms with Gasteiger partial charge in [-0.1, -0.05) is 18.5 Å². The minimum absolute atomic E-state index is 0.0602. The van der Waals surface area contributed by atoms with Crippen molar-refractivity contribution >= 4 is 33.2 Å². The molecule has 0 fully saturated rings. The summed E-state index contributed by atoms with van der Waals surface area (Å²) in [4.78, 5) is 23.1. The first-order valence-corrected chi connectivity index (χ1v) is 13.2. The van der Waals surface area contributed by atoms with E-state index < -0.39 is 37.0 Å². The summed E-state index contributed by atoms with van der Waals surface area (Å²) >= 11 is 6.02. The second-order valence-electron chi connectivity index (χ2n) is 9.27. The minimum atomic E-state index is -4.25. The van der Waals surface area contributed by atoms with Gasteiger partial charge in [-0.3, -0.25) is 14.9 Å². The van der Waals surface area contributed by atoms with Crippen molar-refractivity contribution in [3.63, 3.8) is 0 Å². The number of nitro benzene ring substituents is 1. The van der Waals surface area contributed by atoms with Gasteiger partial charge in [0, 0.05) is 34.8 Å². The molecule has 3 aromatic rings. The fraction of sp³-hybridized carbons (Fsp3) is 0.333. The largest absolute Gasteiger partial charge is 0.437 e. The zero-order valence-electron chi connectivity index (χ0n) is 21.0. The van der Waals surface area contributed by atoms with E-state index in [9.17, 15) is 23.3 Å². The number of carbonyl (C=O) groups is 1. The first-order valence-electron chi connectivity index (χ1n) is 11.4. The summed E-state index contributed by atoms with van der Waals surface area (Å²) in [7, 11) is -4.25. The highest BCUT2D eigenvalue weighted by atomic mass is 35.5. The van der Waals surface area contributed by atoms with Gasteiger partial charge in [0.15, 0.2) is 5.69 Å². The lowest BCUT2D eigenvalue weighted by Gasteiger charge is -2.21. The van der Waals surface area contributed by atoms with Crippen LogP contribution in [0.5, 0.6) is 11.6 Å². The molecule has 0 saturated carbocycles. The molecule has 37 heavy (non-hydrogen) atoms. The number of hydrogen-bond acceptors (Lipinski definition) is 7. The predicted molar refractivity (Wildman–Crippen MR) is 139 cm³/mol. The van der Waals surface area contributed by atoms with E-state index in [1.54, 1.807) is 52.0 Å². The second kappa shape index (κ2) is 10.9. The molecule has 0 saturated heterocycles. The first kappa shape index (κ1) is 28.1. The minimum Gasteiger partial charge on any atom is -0.437 e. The Morgan fingerprint density at radius 1 is 1.19 bits per heavy atom. The third-order valence-electron chi connectivity index (χ3n) is 4.97. The van der Waals surface area contributed by atoms with Crippen molar-refractivity contribution in [3.8, 4) is 17.3 Å². The van der Waals surface area contributed by atoms with Crippen LogP contribution in [0.3, 0.4) is 0 Å². The molecular formula is C24H28ClN5O6S. The van der Waals surface area contributed by atoms with E-state index in [2.05, 4.69) is 15.1 Å². The number of nitrogens with one attached hydrogen (secondary N) is 2. The van der Waals surface area contributed by atoms with Crippen LogP contribution >= 0.6 is 11.6 Å². The molecule has 1 amide bonds. The lowest BCUT2D eigenvalue weighted by molar-refractivity contribution is -0.385. The summed E-state index contributed by atoms with van der Waals surface area (Å²) in [5.74, 6) is -0.547. The fourth-order valence-corrected chi connectivity index (χ4v) is 5.06. The Morgan fingerprint density at radius 3 is 2.41 bits per heavy atom. The van der Waals surface area contributed by atoms with E-state index in [0.717, 1.165) is 18.6 Å². The van der Waals surface area contributed by atoms with Crippen molar-refractivity contribution in [2.24, 2.45) is 0 Å². The number of rotatable bonds is 9. The maximum absolute atomic E-state index is 13.2. The number of nitro groups is 1. The molecule has 11 nitrogen and oxygen atoms in total. The molecule has 0 atom stereocenters. The zero-order valence-corrected chi connectivity index (χ0v) is 22.6. The van der Waals surface area contributed by atoms with Crippen molar-refractivity contribution in [2.75, 3.05) is 6.54 Å². The third kappa shape index (κ3) is 6.64. The van der Waals surface area contributed by atoms with Gasteiger partial charge in [-0.25, -0.2) is 13.1 Å². The SMILES string of the molecule is CCCNC(=O)c1nn(-c2ccc(Cl)cc2)c(Oc2ccc([N+](=O)[O-])cc2S(=O)(=O)NC(C)(C)C)c1C. The molecule has 2 N–H and O–H groups in total. The topological polar surface area (TPSA) is 145 Å². The molecule has 0 bridgehead atoms. The van der Waals surface area contributed by atoms with Gasteiger partial charge < -0.3 is 10.1 Å². The average Bonchev–Trinajstić information content (AvgIpc) is 3.12. The Labute approximate surface area is 220 Å². The smallest absolute Gasteiger partial charge is 0.272 e. The number of amides is 1. The summed E-state index contributed by atoms with van der Waals surface area (Å²) in [6, 6.07) is 9.83. The van der Waals surface area contributed by atoms with Crippen LogP contribution in [0.2, 0.25) is 5.02 Å². The van der Waals surface area contributed by atoms with E-state index in [1.165, 1.54) is 10.7 Å². The molecule has 0 aliphatic heterocycles. The van der Waals surface area contributed by atoms with E-state index in [-0.39, 0.29) is 17.3 Å². The average molecular weight is 550 g/mol.